The van der Waals surface area contributed by atoms with Gasteiger partial charge in [0, 0.05) is 43.0 Å². The summed E-state index contributed by atoms with van der Waals surface area (Å²) < 4.78 is 5.40. The van der Waals surface area contributed by atoms with Gasteiger partial charge in [0.1, 0.15) is 11.6 Å². The number of nitrogens with zero attached hydrogens (tertiary/aromatic N) is 2. The average Bonchev–Trinajstić information content (AvgIpc) is 2.51. The molecule has 5 nitrogen and oxygen atoms in total. The van der Waals surface area contributed by atoms with E-state index in [1.807, 2.05) is 31.3 Å². The molecule has 5 heteroatoms. The van der Waals surface area contributed by atoms with Gasteiger partial charge in [-0.3, -0.25) is 4.79 Å². The maximum Gasteiger partial charge on any atom is 0.222 e. The van der Waals surface area contributed by atoms with Crippen molar-refractivity contribution in [1.82, 2.24) is 9.88 Å². The zero-order valence-corrected chi connectivity index (χ0v) is 12.3. The van der Waals surface area contributed by atoms with E-state index in [2.05, 4.69) is 10.3 Å². The first-order chi connectivity index (χ1) is 10.2. The molecule has 0 aliphatic carbocycles. The van der Waals surface area contributed by atoms with Gasteiger partial charge >= 0.3 is 0 Å². The van der Waals surface area contributed by atoms with Crippen LogP contribution in [0, 0.1) is 0 Å². The fourth-order valence-electron chi connectivity index (χ4n) is 2.79. The van der Waals surface area contributed by atoms with Gasteiger partial charge in [0.05, 0.1) is 7.11 Å². The van der Waals surface area contributed by atoms with E-state index in [-0.39, 0.29) is 11.9 Å². The van der Waals surface area contributed by atoms with Gasteiger partial charge < -0.3 is 15.0 Å². The Bertz CT molecular complexity index is 672. The number of carbonyl (C=O) groups excluding carboxylic acids is 1. The molecule has 110 valence electrons. The second kappa shape index (κ2) is 5.60. The number of likely N-dealkylation sites (N-methyl/N-ethyl adjacent to an activating group) is 1. The largest absolute Gasteiger partial charge is 0.496 e. The summed E-state index contributed by atoms with van der Waals surface area (Å²) in [6.45, 7) is 0.709. The van der Waals surface area contributed by atoms with Crippen molar-refractivity contribution in [3.05, 3.63) is 30.5 Å². The zero-order valence-electron chi connectivity index (χ0n) is 12.3. The van der Waals surface area contributed by atoms with Crippen LogP contribution in [0.5, 0.6) is 5.75 Å². The number of carbonyl (C=O) groups is 1. The van der Waals surface area contributed by atoms with Gasteiger partial charge in [0.2, 0.25) is 5.91 Å². The number of nitrogens with one attached hydrogen (secondary N) is 1. The third-order valence-electron chi connectivity index (χ3n) is 3.95. The van der Waals surface area contributed by atoms with E-state index in [0.717, 1.165) is 28.8 Å². The number of anilines is 1. The summed E-state index contributed by atoms with van der Waals surface area (Å²) in [5.41, 5.74) is 0. The first-order valence-electron chi connectivity index (χ1n) is 7.11. The quantitative estimate of drug-likeness (QED) is 0.940. The minimum atomic E-state index is 0.209. The van der Waals surface area contributed by atoms with Crippen LogP contribution in [0.2, 0.25) is 0 Å². The van der Waals surface area contributed by atoms with E-state index in [1.54, 1.807) is 18.2 Å². The van der Waals surface area contributed by atoms with Crippen LogP contribution in [0.15, 0.2) is 30.5 Å². The van der Waals surface area contributed by atoms with E-state index in [9.17, 15) is 4.79 Å². The Hall–Kier alpha value is -2.30. The number of pyridine rings is 1. The highest BCUT2D eigenvalue weighted by Gasteiger charge is 2.23. The normalized spacial score (nSPS) is 18.9. The minimum absolute atomic E-state index is 0.209. The van der Waals surface area contributed by atoms with E-state index >= 15 is 0 Å². The standard InChI is InChI=1S/C16H19N3O2/c1-19-10-11(6-7-15(19)20)18-16-13-4-3-5-14(21-2)12(13)8-9-17-16/h3-5,8-9,11H,6-7,10H2,1-2H3,(H,17,18). The molecule has 1 saturated heterocycles. The molecule has 1 aromatic carbocycles. The third kappa shape index (κ3) is 2.63. The fourth-order valence-corrected chi connectivity index (χ4v) is 2.79. The molecule has 1 N–H and O–H groups in total. The maximum absolute atomic E-state index is 11.6. The maximum atomic E-state index is 11.6. The summed E-state index contributed by atoms with van der Waals surface area (Å²) in [5.74, 6) is 1.90. The topological polar surface area (TPSA) is 54.5 Å². The van der Waals surface area contributed by atoms with Gasteiger partial charge in [-0.2, -0.15) is 0 Å². The van der Waals surface area contributed by atoms with E-state index in [4.69, 9.17) is 4.74 Å². The Morgan fingerprint density at radius 3 is 2.95 bits per heavy atom. The Morgan fingerprint density at radius 1 is 1.33 bits per heavy atom. The van der Waals surface area contributed by atoms with Crippen LogP contribution >= 0.6 is 0 Å². The van der Waals surface area contributed by atoms with Crippen LogP contribution < -0.4 is 10.1 Å². The van der Waals surface area contributed by atoms with Crippen LogP contribution in [-0.4, -0.2) is 42.5 Å². The van der Waals surface area contributed by atoms with Crippen LogP contribution in [-0.2, 0) is 4.79 Å². The molecule has 0 saturated carbocycles. The number of hydrogen-bond donors (Lipinski definition) is 1. The lowest BCUT2D eigenvalue weighted by atomic mass is 10.0. The molecule has 1 fully saturated rings. The molecule has 2 heterocycles. The summed E-state index contributed by atoms with van der Waals surface area (Å²) in [4.78, 5) is 17.8. The highest BCUT2D eigenvalue weighted by Crippen LogP contribution is 2.29. The molecular weight excluding hydrogens is 266 g/mol. The summed E-state index contributed by atoms with van der Waals surface area (Å²) in [5, 5.41) is 5.54. The molecule has 1 aromatic heterocycles. The van der Waals surface area contributed by atoms with Crippen LogP contribution in [0.3, 0.4) is 0 Å². The first-order valence-corrected chi connectivity index (χ1v) is 7.11. The minimum Gasteiger partial charge on any atom is -0.496 e. The highest BCUT2D eigenvalue weighted by molar-refractivity contribution is 5.96. The van der Waals surface area contributed by atoms with Gasteiger partial charge in [0.15, 0.2) is 0 Å². The zero-order chi connectivity index (χ0) is 14.8. The van der Waals surface area contributed by atoms with Gasteiger partial charge in [-0.05, 0) is 18.6 Å². The molecule has 1 unspecified atom stereocenters. The van der Waals surface area contributed by atoms with Crippen molar-refractivity contribution in [2.24, 2.45) is 0 Å². The summed E-state index contributed by atoms with van der Waals surface area (Å²) in [6, 6.07) is 8.13. The van der Waals surface area contributed by atoms with Crippen molar-refractivity contribution >= 4 is 22.5 Å². The molecule has 1 aliphatic rings. The third-order valence-corrected chi connectivity index (χ3v) is 3.95. The fraction of sp³-hybridized carbons (Fsp3) is 0.375. The lowest BCUT2D eigenvalue weighted by molar-refractivity contribution is -0.132. The number of likely N-dealkylation sites (tertiary alicyclic amines) is 1. The first kappa shape index (κ1) is 13.7. The smallest absolute Gasteiger partial charge is 0.222 e. The molecule has 1 aliphatic heterocycles. The molecule has 0 spiro atoms. The Balaban J connectivity index is 1.89. The number of methoxy groups -OCH3 is 1. The molecular formula is C16H19N3O2. The van der Waals surface area contributed by atoms with E-state index in [1.165, 1.54) is 0 Å². The SMILES string of the molecule is COc1cccc2c(NC3CCC(=O)N(C)C3)nccc12. The summed E-state index contributed by atoms with van der Waals surface area (Å²) in [6.07, 6.45) is 3.21. The molecule has 3 rings (SSSR count). The number of fused-ring (bicyclic) bond motifs is 1. The van der Waals surface area contributed by atoms with Gasteiger partial charge in [0.25, 0.3) is 0 Å². The molecule has 1 amide bonds. The van der Waals surface area contributed by atoms with Gasteiger partial charge in [-0.1, -0.05) is 12.1 Å². The van der Waals surface area contributed by atoms with Crippen molar-refractivity contribution in [3.8, 4) is 5.75 Å². The predicted molar refractivity (Wildman–Crippen MR) is 82.6 cm³/mol. The Labute approximate surface area is 123 Å². The number of ether oxygens (including phenoxy) is 1. The molecule has 0 radical (unpaired) electrons. The van der Waals surface area contributed by atoms with Crippen molar-refractivity contribution < 1.29 is 9.53 Å². The van der Waals surface area contributed by atoms with Crippen molar-refractivity contribution in [2.45, 2.75) is 18.9 Å². The molecule has 0 bridgehead atoms. The van der Waals surface area contributed by atoms with Crippen molar-refractivity contribution in [2.75, 3.05) is 26.0 Å². The monoisotopic (exact) mass is 285 g/mol. The predicted octanol–water partition coefficient (Wildman–Crippen LogP) is 2.28. The van der Waals surface area contributed by atoms with Crippen LogP contribution in [0.1, 0.15) is 12.8 Å². The van der Waals surface area contributed by atoms with Crippen LogP contribution in [0.25, 0.3) is 10.8 Å². The average molecular weight is 285 g/mol. The number of benzene rings is 1. The second-order valence-electron chi connectivity index (χ2n) is 5.37. The molecule has 2 aromatic rings. The summed E-state index contributed by atoms with van der Waals surface area (Å²) >= 11 is 0. The van der Waals surface area contributed by atoms with Gasteiger partial charge in [-0.15, -0.1) is 0 Å². The number of aromatic nitrogens is 1. The number of rotatable bonds is 3. The van der Waals surface area contributed by atoms with Gasteiger partial charge in [-0.25, -0.2) is 4.98 Å². The Kier molecular flexibility index (Phi) is 3.64. The highest BCUT2D eigenvalue weighted by atomic mass is 16.5. The van der Waals surface area contributed by atoms with E-state index < -0.39 is 0 Å². The van der Waals surface area contributed by atoms with E-state index in [0.29, 0.717) is 13.0 Å². The van der Waals surface area contributed by atoms with Crippen molar-refractivity contribution in [3.63, 3.8) is 0 Å². The summed E-state index contributed by atoms with van der Waals surface area (Å²) in [7, 11) is 3.51. The molecule has 21 heavy (non-hydrogen) atoms. The molecule has 1 atom stereocenters. The number of hydrogen-bond acceptors (Lipinski definition) is 4. The number of amides is 1. The number of piperidine rings is 1. The van der Waals surface area contributed by atoms with Crippen LogP contribution in [0.4, 0.5) is 5.82 Å². The van der Waals surface area contributed by atoms with Crippen molar-refractivity contribution in [1.29, 1.82) is 0 Å². The Morgan fingerprint density at radius 2 is 2.19 bits per heavy atom. The lowest BCUT2D eigenvalue weighted by Crippen LogP contribution is -2.43. The lowest BCUT2D eigenvalue weighted by Gasteiger charge is -2.30. The second-order valence-corrected chi connectivity index (χ2v) is 5.37.